The fourth-order valence-corrected chi connectivity index (χ4v) is 8.65. The molecule has 3 aliphatic rings. The fraction of sp³-hybridized carbons (Fsp3) is 0.400. The lowest BCUT2D eigenvalue weighted by molar-refractivity contribution is -0.129. The molecular formula is C45H51N3O6. The highest BCUT2D eigenvalue weighted by Crippen LogP contribution is 2.50. The second-order valence-electron chi connectivity index (χ2n) is 15.3. The molecule has 1 fully saturated rings. The molecule has 2 atom stereocenters. The Labute approximate surface area is 318 Å². The summed E-state index contributed by atoms with van der Waals surface area (Å²) >= 11 is 0. The van der Waals surface area contributed by atoms with Gasteiger partial charge in [-0.3, -0.25) is 9.59 Å². The lowest BCUT2D eigenvalue weighted by atomic mass is 9.69. The topological polar surface area (TPSA) is 106 Å². The largest absolute Gasteiger partial charge is 0.457 e. The number of rotatable bonds is 13. The molecule has 4 aromatic rings. The van der Waals surface area contributed by atoms with Crippen LogP contribution in [0.1, 0.15) is 74.1 Å². The van der Waals surface area contributed by atoms with Crippen LogP contribution in [0.5, 0.6) is 11.5 Å². The fourth-order valence-electron chi connectivity index (χ4n) is 8.65. The molecule has 3 amide bonds. The van der Waals surface area contributed by atoms with Crippen LogP contribution in [0.2, 0.25) is 0 Å². The molecule has 0 spiro atoms. The standard InChI is InChI=1S/C45H51N3O6/c1-30(2)24-42(49)47-32-25-31(26-48(27-32)44(51)53-28-37-35-16-6-4-14-33(35)34-15-5-7-17-36(34)37)43(50)46-29-45(22-12-13-23-52-3)38-18-8-10-20-40(38)54-41-21-11-9-19-39(41)45/h4-11,14-21,30-32,37H,12-13,22-29H2,1-3H3,(H,46,50)(H,47,49). The number of hydrogen-bond acceptors (Lipinski definition) is 6. The van der Waals surface area contributed by atoms with E-state index in [0.29, 0.717) is 26.0 Å². The van der Waals surface area contributed by atoms with Crippen molar-refractivity contribution in [1.82, 2.24) is 15.5 Å². The third-order valence-electron chi connectivity index (χ3n) is 11.2. The van der Waals surface area contributed by atoms with Crippen LogP contribution in [0.15, 0.2) is 97.1 Å². The summed E-state index contributed by atoms with van der Waals surface area (Å²) in [5, 5.41) is 6.46. The van der Waals surface area contributed by atoms with Crippen molar-refractivity contribution in [2.24, 2.45) is 11.8 Å². The first kappa shape index (κ1) is 37.2. The normalized spacial score (nSPS) is 18.1. The molecule has 9 nitrogen and oxygen atoms in total. The van der Waals surface area contributed by atoms with Crippen molar-refractivity contribution >= 4 is 17.9 Å². The predicted octanol–water partition coefficient (Wildman–Crippen LogP) is 7.81. The van der Waals surface area contributed by atoms with Crippen LogP contribution in [0, 0.1) is 11.8 Å². The van der Waals surface area contributed by atoms with Crippen molar-refractivity contribution < 1.29 is 28.6 Å². The molecule has 0 saturated carbocycles. The number of unbranched alkanes of at least 4 members (excludes halogenated alkanes) is 1. The zero-order chi connectivity index (χ0) is 37.7. The average Bonchev–Trinajstić information content (AvgIpc) is 3.50. The number of likely N-dealkylation sites (tertiary alicyclic amines) is 1. The van der Waals surface area contributed by atoms with Gasteiger partial charge in [0.1, 0.15) is 18.1 Å². The molecule has 4 aromatic carbocycles. The van der Waals surface area contributed by atoms with Crippen LogP contribution in [0.3, 0.4) is 0 Å². The van der Waals surface area contributed by atoms with Crippen LogP contribution in [-0.2, 0) is 24.5 Å². The molecule has 1 saturated heterocycles. The monoisotopic (exact) mass is 729 g/mol. The van der Waals surface area contributed by atoms with Gasteiger partial charge in [-0.05, 0) is 66.0 Å². The summed E-state index contributed by atoms with van der Waals surface area (Å²) in [5.74, 6) is 0.849. The second-order valence-corrected chi connectivity index (χ2v) is 15.3. The van der Waals surface area contributed by atoms with Crippen molar-refractivity contribution in [2.75, 3.05) is 40.0 Å². The van der Waals surface area contributed by atoms with Gasteiger partial charge in [0, 0.05) is 68.3 Å². The van der Waals surface area contributed by atoms with E-state index in [2.05, 4.69) is 47.0 Å². The van der Waals surface area contributed by atoms with Crippen LogP contribution >= 0.6 is 0 Å². The highest BCUT2D eigenvalue weighted by Gasteiger charge is 2.43. The van der Waals surface area contributed by atoms with E-state index in [4.69, 9.17) is 14.2 Å². The molecule has 2 N–H and O–H groups in total. The highest BCUT2D eigenvalue weighted by molar-refractivity contribution is 5.82. The molecule has 282 valence electrons. The molecular weight excluding hydrogens is 679 g/mol. The zero-order valence-electron chi connectivity index (χ0n) is 31.5. The molecule has 0 bridgehead atoms. The van der Waals surface area contributed by atoms with Crippen molar-refractivity contribution in [3.05, 3.63) is 119 Å². The summed E-state index contributed by atoms with van der Waals surface area (Å²) in [6.07, 6.45) is 2.84. The van der Waals surface area contributed by atoms with Gasteiger partial charge < -0.3 is 29.7 Å². The number of carbonyl (C=O) groups excluding carboxylic acids is 3. The van der Waals surface area contributed by atoms with E-state index in [0.717, 1.165) is 64.1 Å². The van der Waals surface area contributed by atoms with Crippen LogP contribution in [-0.4, -0.2) is 68.8 Å². The van der Waals surface area contributed by atoms with E-state index < -0.39 is 23.5 Å². The van der Waals surface area contributed by atoms with Crippen LogP contribution in [0.25, 0.3) is 11.1 Å². The molecule has 2 aliphatic heterocycles. The van der Waals surface area contributed by atoms with E-state index in [1.807, 2.05) is 74.5 Å². The number of nitrogens with zero attached hydrogens (tertiary/aromatic N) is 1. The zero-order valence-corrected chi connectivity index (χ0v) is 31.5. The van der Waals surface area contributed by atoms with Crippen molar-refractivity contribution in [3.8, 4) is 22.6 Å². The van der Waals surface area contributed by atoms with Crippen LogP contribution < -0.4 is 15.4 Å². The van der Waals surface area contributed by atoms with Gasteiger partial charge in [0.05, 0.1) is 5.92 Å². The summed E-state index contributed by atoms with van der Waals surface area (Å²) in [5.41, 5.74) is 6.10. The maximum absolute atomic E-state index is 14.3. The Bertz CT molecular complexity index is 1890. The smallest absolute Gasteiger partial charge is 0.409 e. The number of amides is 3. The number of nitrogens with one attached hydrogen (secondary N) is 2. The average molecular weight is 730 g/mol. The Hall–Kier alpha value is -5.15. The Morgan fingerprint density at radius 2 is 1.44 bits per heavy atom. The van der Waals surface area contributed by atoms with Gasteiger partial charge in [-0.15, -0.1) is 0 Å². The quantitative estimate of drug-likeness (QED) is 0.136. The van der Waals surface area contributed by atoms with E-state index in [-0.39, 0.29) is 43.3 Å². The van der Waals surface area contributed by atoms with Gasteiger partial charge in [0.25, 0.3) is 0 Å². The Kier molecular flexibility index (Phi) is 11.3. The summed E-state index contributed by atoms with van der Waals surface area (Å²) in [7, 11) is 1.71. The summed E-state index contributed by atoms with van der Waals surface area (Å²) in [6.45, 7) is 5.63. The van der Waals surface area contributed by atoms with Crippen molar-refractivity contribution in [3.63, 3.8) is 0 Å². The minimum Gasteiger partial charge on any atom is -0.457 e. The number of methoxy groups -OCH3 is 1. The van der Waals surface area contributed by atoms with Gasteiger partial charge in [-0.1, -0.05) is 98.8 Å². The summed E-state index contributed by atoms with van der Waals surface area (Å²) in [6, 6.07) is 32.2. The molecule has 1 aliphatic carbocycles. The third-order valence-corrected chi connectivity index (χ3v) is 11.2. The number of hydrogen-bond donors (Lipinski definition) is 2. The molecule has 2 heterocycles. The third kappa shape index (κ3) is 7.73. The minimum absolute atomic E-state index is 0.0860. The lowest BCUT2D eigenvalue weighted by Crippen LogP contribution is -2.56. The highest BCUT2D eigenvalue weighted by atomic mass is 16.6. The molecule has 0 aromatic heterocycles. The number of carbonyl (C=O) groups is 3. The van der Waals surface area contributed by atoms with Gasteiger partial charge in [0.15, 0.2) is 0 Å². The first-order valence-electron chi connectivity index (χ1n) is 19.3. The minimum atomic E-state index is -0.556. The van der Waals surface area contributed by atoms with Gasteiger partial charge in [-0.25, -0.2) is 4.79 Å². The van der Waals surface area contributed by atoms with Crippen molar-refractivity contribution in [2.45, 2.75) is 63.3 Å². The Morgan fingerprint density at radius 1 is 0.833 bits per heavy atom. The van der Waals surface area contributed by atoms with E-state index >= 15 is 0 Å². The SMILES string of the molecule is COCCCCC1(CNC(=O)C2CC(NC(=O)CC(C)C)CN(C(=O)OCC3c4ccccc4-c4ccccc43)C2)c2ccccc2Oc2ccccc21. The number of fused-ring (bicyclic) bond motifs is 5. The Morgan fingerprint density at radius 3 is 2.07 bits per heavy atom. The number of benzene rings is 4. The molecule has 9 heteroatoms. The maximum atomic E-state index is 14.3. The number of ether oxygens (including phenoxy) is 3. The molecule has 7 rings (SSSR count). The second kappa shape index (κ2) is 16.5. The van der Waals surface area contributed by atoms with Crippen molar-refractivity contribution in [1.29, 1.82) is 0 Å². The lowest BCUT2D eigenvalue weighted by Gasteiger charge is -2.41. The molecule has 2 unspecified atom stereocenters. The first-order chi connectivity index (χ1) is 26.3. The summed E-state index contributed by atoms with van der Waals surface area (Å²) < 4.78 is 17.8. The maximum Gasteiger partial charge on any atom is 0.409 e. The van der Waals surface area contributed by atoms with Crippen LogP contribution in [0.4, 0.5) is 4.79 Å². The summed E-state index contributed by atoms with van der Waals surface area (Å²) in [4.78, 5) is 42.8. The van der Waals surface area contributed by atoms with E-state index in [1.165, 1.54) is 0 Å². The molecule has 54 heavy (non-hydrogen) atoms. The van der Waals surface area contributed by atoms with Gasteiger partial charge in [-0.2, -0.15) is 0 Å². The van der Waals surface area contributed by atoms with Gasteiger partial charge in [0.2, 0.25) is 11.8 Å². The number of piperidine rings is 1. The van der Waals surface area contributed by atoms with Gasteiger partial charge >= 0.3 is 6.09 Å². The number of para-hydroxylation sites is 2. The molecule has 0 radical (unpaired) electrons. The van der Waals surface area contributed by atoms with E-state index in [1.54, 1.807) is 12.0 Å². The first-order valence-corrected chi connectivity index (χ1v) is 19.3. The Balaban J connectivity index is 1.10. The van der Waals surface area contributed by atoms with E-state index in [9.17, 15) is 14.4 Å². The predicted molar refractivity (Wildman–Crippen MR) is 209 cm³/mol.